The number of hydrogen-bond donors (Lipinski definition) is 1. The second kappa shape index (κ2) is 9.73. The minimum atomic E-state index is 0.769. The van der Waals surface area contributed by atoms with Crippen molar-refractivity contribution in [3.8, 4) is 0 Å². The van der Waals surface area contributed by atoms with Crippen molar-refractivity contribution in [2.75, 3.05) is 60.5 Å². The van der Waals surface area contributed by atoms with E-state index in [1.807, 2.05) is 0 Å². The van der Waals surface area contributed by atoms with E-state index in [-0.39, 0.29) is 0 Å². The molecular weight excluding hydrogens is 226 g/mol. The van der Waals surface area contributed by atoms with Crippen LogP contribution in [-0.2, 0) is 4.74 Å². The highest BCUT2D eigenvalue weighted by Gasteiger charge is 2.20. The van der Waals surface area contributed by atoms with Gasteiger partial charge in [0.15, 0.2) is 0 Å². The van der Waals surface area contributed by atoms with Gasteiger partial charge >= 0.3 is 0 Å². The molecule has 1 aliphatic heterocycles. The van der Waals surface area contributed by atoms with Crippen LogP contribution >= 0.6 is 0 Å². The number of piperidine rings is 1. The highest BCUT2D eigenvalue weighted by Crippen LogP contribution is 2.13. The maximum Gasteiger partial charge on any atom is 0.0587 e. The topological polar surface area (TPSA) is 27.7 Å². The first-order valence-corrected chi connectivity index (χ1v) is 7.32. The van der Waals surface area contributed by atoms with Crippen molar-refractivity contribution in [1.29, 1.82) is 0 Å². The van der Waals surface area contributed by atoms with E-state index in [2.05, 4.69) is 29.2 Å². The van der Waals surface area contributed by atoms with Gasteiger partial charge in [-0.15, -0.1) is 0 Å². The van der Waals surface area contributed by atoms with E-state index < -0.39 is 0 Å². The van der Waals surface area contributed by atoms with Gasteiger partial charge in [0.2, 0.25) is 0 Å². The molecule has 1 saturated heterocycles. The van der Waals surface area contributed by atoms with Gasteiger partial charge in [0.05, 0.1) is 6.61 Å². The van der Waals surface area contributed by atoms with Crippen LogP contribution in [0.4, 0.5) is 0 Å². The van der Waals surface area contributed by atoms with E-state index in [0.717, 1.165) is 25.7 Å². The standard InChI is InChI=1S/C14H31N3O/c1-16-10-6-7-14(13-16)17(2)11-5-4-8-15-9-12-18-3/h14-15H,4-13H2,1-3H3. The minimum absolute atomic E-state index is 0.769. The number of methoxy groups -OCH3 is 1. The van der Waals surface area contributed by atoms with Gasteiger partial charge in [0, 0.05) is 26.2 Å². The molecule has 0 spiro atoms. The summed E-state index contributed by atoms with van der Waals surface area (Å²) in [4.78, 5) is 5.00. The van der Waals surface area contributed by atoms with Crippen LogP contribution < -0.4 is 5.32 Å². The quantitative estimate of drug-likeness (QED) is 0.624. The van der Waals surface area contributed by atoms with E-state index in [1.54, 1.807) is 7.11 Å². The molecule has 0 radical (unpaired) electrons. The first-order chi connectivity index (χ1) is 8.74. The van der Waals surface area contributed by atoms with Crippen molar-refractivity contribution in [2.24, 2.45) is 0 Å². The molecule has 0 saturated carbocycles. The van der Waals surface area contributed by atoms with E-state index in [1.165, 1.54) is 45.3 Å². The molecule has 0 aromatic heterocycles. The molecule has 0 aromatic carbocycles. The Morgan fingerprint density at radius 2 is 2.17 bits per heavy atom. The number of rotatable bonds is 9. The van der Waals surface area contributed by atoms with Crippen LogP contribution in [0.2, 0.25) is 0 Å². The first-order valence-electron chi connectivity index (χ1n) is 7.32. The fourth-order valence-electron chi connectivity index (χ4n) is 2.59. The summed E-state index contributed by atoms with van der Waals surface area (Å²) < 4.78 is 5.00. The third-order valence-electron chi connectivity index (χ3n) is 3.82. The number of nitrogens with zero attached hydrogens (tertiary/aromatic N) is 2. The molecule has 1 N–H and O–H groups in total. The molecule has 4 nitrogen and oxygen atoms in total. The third kappa shape index (κ3) is 6.69. The fourth-order valence-corrected chi connectivity index (χ4v) is 2.59. The van der Waals surface area contributed by atoms with E-state index in [4.69, 9.17) is 4.74 Å². The maximum absolute atomic E-state index is 5.00. The largest absolute Gasteiger partial charge is 0.383 e. The lowest BCUT2D eigenvalue weighted by Gasteiger charge is -2.35. The summed E-state index contributed by atoms with van der Waals surface area (Å²) in [7, 11) is 6.26. The van der Waals surface area contributed by atoms with Crippen LogP contribution in [0.1, 0.15) is 25.7 Å². The Balaban J connectivity index is 1.97. The molecule has 0 aromatic rings. The second-order valence-corrected chi connectivity index (χ2v) is 5.49. The van der Waals surface area contributed by atoms with Gasteiger partial charge in [-0.2, -0.15) is 0 Å². The molecule has 1 fully saturated rings. The molecule has 0 aliphatic carbocycles. The number of hydrogen-bond acceptors (Lipinski definition) is 4. The van der Waals surface area contributed by atoms with Crippen LogP contribution in [0.25, 0.3) is 0 Å². The van der Waals surface area contributed by atoms with E-state index in [9.17, 15) is 0 Å². The molecule has 1 rings (SSSR count). The summed E-state index contributed by atoms with van der Waals surface area (Å²) in [5, 5.41) is 3.39. The maximum atomic E-state index is 5.00. The summed E-state index contributed by atoms with van der Waals surface area (Å²) >= 11 is 0. The Morgan fingerprint density at radius 3 is 2.89 bits per heavy atom. The van der Waals surface area contributed by atoms with Gasteiger partial charge in [-0.25, -0.2) is 0 Å². The smallest absolute Gasteiger partial charge is 0.0587 e. The fraction of sp³-hybridized carbons (Fsp3) is 1.00. The summed E-state index contributed by atoms with van der Waals surface area (Å²) in [6.07, 6.45) is 5.27. The van der Waals surface area contributed by atoms with Crippen LogP contribution in [0, 0.1) is 0 Å². The predicted octanol–water partition coefficient (Wildman–Crippen LogP) is 1.03. The molecule has 0 amide bonds. The number of unbranched alkanes of at least 4 members (excludes halogenated alkanes) is 1. The molecule has 1 unspecified atom stereocenters. The number of likely N-dealkylation sites (tertiary alicyclic amines) is 1. The van der Waals surface area contributed by atoms with Gasteiger partial charge in [0.25, 0.3) is 0 Å². The highest BCUT2D eigenvalue weighted by molar-refractivity contribution is 4.77. The lowest BCUT2D eigenvalue weighted by atomic mass is 10.0. The van der Waals surface area contributed by atoms with Gasteiger partial charge < -0.3 is 19.9 Å². The lowest BCUT2D eigenvalue weighted by molar-refractivity contribution is 0.133. The normalized spacial score (nSPS) is 21.7. The zero-order valence-electron chi connectivity index (χ0n) is 12.5. The Bertz CT molecular complexity index is 201. The van der Waals surface area contributed by atoms with Crippen molar-refractivity contribution in [1.82, 2.24) is 15.1 Å². The second-order valence-electron chi connectivity index (χ2n) is 5.49. The molecule has 4 heteroatoms. The number of nitrogens with one attached hydrogen (secondary N) is 1. The van der Waals surface area contributed by atoms with Crippen LogP contribution in [0.5, 0.6) is 0 Å². The summed E-state index contributed by atoms with van der Waals surface area (Å²) in [5.74, 6) is 0. The van der Waals surface area contributed by atoms with Crippen molar-refractivity contribution >= 4 is 0 Å². The average Bonchev–Trinajstić information content (AvgIpc) is 2.37. The van der Waals surface area contributed by atoms with Crippen molar-refractivity contribution in [3.63, 3.8) is 0 Å². The first kappa shape index (κ1) is 15.9. The van der Waals surface area contributed by atoms with Crippen LogP contribution in [-0.4, -0.2) is 76.4 Å². The van der Waals surface area contributed by atoms with Gasteiger partial charge in [-0.3, -0.25) is 0 Å². The van der Waals surface area contributed by atoms with Crippen molar-refractivity contribution in [2.45, 2.75) is 31.7 Å². The molecule has 1 atom stereocenters. The van der Waals surface area contributed by atoms with Crippen LogP contribution in [0.15, 0.2) is 0 Å². The average molecular weight is 257 g/mol. The van der Waals surface area contributed by atoms with Gasteiger partial charge in [-0.05, 0) is 59.4 Å². The molecule has 1 heterocycles. The zero-order chi connectivity index (χ0) is 13.2. The summed E-state index contributed by atoms with van der Waals surface area (Å²) in [6, 6.07) is 0.769. The Kier molecular flexibility index (Phi) is 8.59. The number of likely N-dealkylation sites (N-methyl/N-ethyl adjacent to an activating group) is 2. The van der Waals surface area contributed by atoms with Gasteiger partial charge in [0.1, 0.15) is 0 Å². The Labute approximate surface area is 113 Å². The third-order valence-corrected chi connectivity index (χ3v) is 3.82. The highest BCUT2D eigenvalue weighted by atomic mass is 16.5. The monoisotopic (exact) mass is 257 g/mol. The van der Waals surface area contributed by atoms with Crippen molar-refractivity contribution < 1.29 is 4.74 Å². The molecule has 108 valence electrons. The Hall–Kier alpha value is -0.160. The molecule has 1 aliphatic rings. The van der Waals surface area contributed by atoms with E-state index in [0.29, 0.717) is 0 Å². The summed E-state index contributed by atoms with van der Waals surface area (Å²) in [6.45, 7) is 6.64. The van der Waals surface area contributed by atoms with E-state index >= 15 is 0 Å². The molecule has 0 bridgehead atoms. The van der Waals surface area contributed by atoms with Gasteiger partial charge in [-0.1, -0.05) is 0 Å². The van der Waals surface area contributed by atoms with Crippen molar-refractivity contribution in [3.05, 3.63) is 0 Å². The Morgan fingerprint density at radius 1 is 1.33 bits per heavy atom. The minimum Gasteiger partial charge on any atom is -0.383 e. The SMILES string of the molecule is COCCNCCCCN(C)C1CCCN(C)C1. The van der Waals surface area contributed by atoms with Crippen LogP contribution in [0.3, 0.4) is 0 Å². The number of ether oxygens (including phenoxy) is 1. The zero-order valence-corrected chi connectivity index (χ0v) is 12.5. The lowest BCUT2D eigenvalue weighted by Crippen LogP contribution is -2.45. The predicted molar refractivity (Wildman–Crippen MR) is 77.1 cm³/mol. The summed E-state index contributed by atoms with van der Waals surface area (Å²) in [5.41, 5.74) is 0. The molecule has 18 heavy (non-hydrogen) atoms. The molecular formula is C14H31N3O.